The first kappa shape index (κ1) is 9.21. The Balaban J connectivity index is 2.42. The van der Waals surface area contributed by atoms with Gasteiger partial charge in [-0.15, -0.1) is 0 Å². The lowest BCUT2D eigenvalue weighted by molar-refractivity contribution is -0.161. The van der Waals surface area contributed by atoms with Crippen molar-refractivity contribution in [3.05, 3.63) is 35.9 Å². The van der Waals surface area contributed by atoms with Crippen LogP contribution in [0.15, 0.2) is 30.3 Å². The number of rotatable bonds is 2. The van der Waals surface area contributed by atoms with Gasteiger partial charge in [-0.1, -0.05) is 30.3 Å². The summed E-state index contributed by atoms with van der Waals surface area (Å²) >= 11 is 0. The third kappa shape index (κ3) is 1.30. The zero-order valence-electron chi connectivity index (χ0n) is 7.77. The summed E-state index contributed by atoms with van der Waals surface area (Å²) in [6.07, 6.45) is 1.37. The van der Waals surface area contributed by atoms with E-state index in [-0.39, 0.29) is 0 Å². The second-order valence-electron chi connectivity index (χ2n) is 3.45. The van der Waals surface area contributed by atoms with Crippen LogP contribution >= 0.6 is 0 Å². The fraction of sp³-hybridized carbons (Fsp3) is 0.364. The number of ether oxygens (including phenoxy) is 1. The normalized spacial score (nSPS) is 26.3. The molecule has 0 saturated carbocycles. The molecule has 0 radical (unpaired) electrons. The molecule has 0 aromatic heterocycles. The summed E-state index contributed by atoms with van der Waals surface area (Å²) in [6, 6.07) is 9.15. The van der Waals surface area contributed by atoms with E-state index in [4.69, 9.17) is 4.74 Å². The Kier molecular flexibility index (Phi) is 2.25. The lowest BCUT2D eigenvalue weighted by Crippen LogP contribution is -2.34. The van der Waals surface area contributed by atoms with Gasteiger partial charge in [-0.05, 0) is 18.4 Å². The van der Waals surface area contributed by atoms with Crippen LogP contribution in [0, 0.1) is 0 Å². The molecule has 1 saturated heterocycles. The van der Waals surface area contributed by atoms with Gasteiger partial charge in [0.05, 0.1) is 0 Å². The first-order valence-electron chi connectivity index (χ1n) is 4.68. The molecule has 3 heteroatoms. The van der Waals surface area contributed by atoms with Crippen LogP contribution < -0.4 is 0 Å². The van der Waals surface area contributed by atoms with E-state index in [0.717, 1.165) is 12.0 Å². The number of carboxylic acids is 1. The van der Waals surface area contributed by atoms with Crippen LogP contribution in [0.2, 0.25) is 0 Å². The summed E-state index contributed by atoms with van der Waals surface area (Å²) in [4.78, 5) is 11.2. The fourth-order valence-corrected chi connectivity index (χ4v) is 1.87. The Bertz CT molecular complexity index is 326. The molecule has 2 rings (SSSR count). The minimum atomic E-state index is -1.10. The van der Waals surface area contributed by atoms with Gasteiger partial charge in [-0.3, -0.25) is 0 Å². The van der Waals surface area contributed by atoms with Crippen molar-refractivity contribution in [2.75, 3.05) is 6.61 Å². The van der Waals surface area contributed by atoms with Gasteiger partial charge < -0.3 is 9.84 Å². The van der Waals surface area contributed by atoms with E-state index in [1.807, 2.05) is 18.2 Å². The molecule has 0 bridgehead atoms. The molecule has 1 atom stereocenters. The zero-order valence-corrected chi connectivity index (χ0v) is 7.77. The smallest absolute Gasteiger partial charge is 0.340 e. The highest BCUT2D eigenvalue weighted by atomic mass is 16.5. The highest BCUT2D eigenvalue weighted by Crippen LogP contribution is 2.36. The molecule has 0 amide bonds. The summed E-state index contributed by atoms with van der Waals surface area (Å²) in [5.41, 5.74) is -0.355. The third-order valence-corrected chi connectivity index (χ3v) is 2.61. The number of benzene rings is 1. The SMILES string of the molecule is O=C(O)C1(c2ccccc2)CCCO1. The van der Waals surface area contributed by atoms with Gasteiger partial charge in [0.1, 0.15) is 0 Å². The molecule has 0 spiro atoms. The predicted octanol–water partition coefficient (Wildman–Crippen LogP) is 1.78. The van der Waals surface area contributed by atoms with Crippen molar-refractivity contribution >= 4 is 5.97 Å². The van der Waals surface area contributed by atoms with Gasteiger partial charge in [0.15, 0.2) is 5.60 Å². The lowest BCUT2D eigenvalue weighted by Gasteiger charge is -2.23. The minimum Gasteiger partial charge on any atom is -0.479 e. The number of aliphatic carboxylic acids is 1. The molecule has 14 heavy (non-hydrogen) atoms. The molecule has 74 valence electrons. The summed E-state index contributed by atoms with van der Waals surface area (Å²) in [5.74, 6) is -0.888. The van der Waals surface area contributed by atoms with Crippen LogP contribution in [-0.4, -0.2) is 17.7 Å². The Morgan fingerprint density at radius 1 is 1.36 bits per heavy atom. The van der Waals surface area contributed by atoms with Crippen LogP contribution in [0.4, 0.5) is 0 Å². The molecule has 1 aromatic rings. The summed E-state index contributed by atoms with van der Waals surface area (Å²) in [5, 5.41) is 9.19. The van der Waals surface area contributed by atoms with Crippen LogP contribution in [0.1, 0.15) is 18.4 Å². The molecule has 1 aliphatic rings. The molecule has 0 aliphatic carbocycles. The molecule has 1 aliphatic heterocycles. The minimum absolute atomic E-state index is 0.529. The number of carbonyl (C=O) groups is 1. The monoisotopic (exact) mass is 192 g/mol. The van der Waals surface area contributed by atoms with E-state index in [1.165, 1.54) is 0 Å². The molecule has 1 aromatic carbocycles. The Morgan fingerprint density at radius 2 is 2.07 bits per heavy atom. The average molecular weight is 192 g/mol. The summed E-state index contributed by atoms with van der Waals surface area (Å²) in [7, 11) is 0. The third-order valence-electron chi connectivity index (χ3n) is 2.61. The topological polar surface area (TPSA) is 46.5 Å². The van der Waals surface area contributed by atoms with Crippen molar-refractivity contribution in [2.45, 2.75) is 18.4 Å². The van der Waals surface area contributed by atoms with Crippen molar-refractivity contribution in [1.29, 1.82) is 0 Å². The molecule has 3 nitrogen and oxygen atoms in total. The van der Waals surface area contributed by atoms with Crippen LogP contribution in [0.3, 0.4) is 0 Å². The molecule has 1 fully saturated rings. The first-order chi connectivity index (χ1) is 6.76. The lowest BCUT2D eigenvalue weighted by atomic mass is 9.91. The van der Waals surface area contributed by atoms with Gasteiger partial charge in [-0.2, -0.15) is 0 Å². The molecule has 1 unspecified atom stereocenters. The van der Waals surface area contributed by atoms with Gasteiger partial charge in [0.25, 0.3) is 0 Å². The van der Waals surface area contributed by atoms with Gasteiger partial charge in [0.2, 0.25) is 0 Å². The number of carboxylic acid groups (broad SMARTS) is 1. The van der Waals surface area contributed by atoms with Crippen molar-refractivity contribution in [3.63, 3.8) is 0 Å². The highest BCUT2D eigenvalue weighted by molar-refractivity contribution is 5.79. The van der Waals surface area contributed by atoms with Crippen LogP contribution in [0.25, 0.3) is 0 Å². The van der Waals surface area contributed by atoms with E-state index >= 15 is 0 Å². The Hall–Kier alpha value is -1.35. The molecule has 1 N–H and O–H groups in total. The van der Waals surface area contributed by atoms with Crippen LogP contribution in [0.5, 0.6) is 0 Å². The van der Waals surface area contributed by atoms with E-state index in [0.29, 0.717) is 13.0 Å². The van der Waals surface area contributed by atoms with Gasteiger partial charge >= 0.3 is 5.97 Å². The maximum Gasteiger partial charge on any atom is 0.340 e. The van der Waals surface area contributed by atoms with Crippen molar-refractivity contribution < 1.29 is 14.6 Å². The quantitative estimate of drug-likeness (QED) is 0.776. The predicted molar refractivity (Wildman–Crippen MR) is 50.9 cm³/mol. The molecule has 1 heterocycles. The van der Waals surface area contributed by atoms with E-state index in [1.54, 1.807) is 12.1 Å². The highest BCUT2D eigenvalue weighted by Gasteiger charge is 2.44. The van der Waals surface area contributed by atoms with E-state index in [2.05, 4.69) is 0 Å². The van der Waals surface area contributed by atoms with Crippen LogP contribution in [-0.2, 0) is 15.1 Å². The van der Waals surface area contributed by atoms with Gasteiger partial charge in [-0.25, -0.2) is 4.79 Å². The average Bonchev–Trinajstić information content (AvgIpc) is 2.69. The first-order valence-corrected chi connectivity index (χ1v) is 4.68. The van der Waals surface area contributed by atoms with Crippen molar-refractivity contribution in [3.8, 4) is 0 Å². The van der Waals surface area contributed by atoms with Crippen molar-refractivity contribution in [2.24, 2.45) is 0 Å². The van der Waals surface area contributed by atoms with E-state index in [9.17, 15) is 9.90 Å². The second kappa shape index (κ2) is 3.42. The zero-order chi connectivity index (χ0) is 10.0. The largest absolute Gasteiger partial charge is 0.479 e. The van der Waals surface area contributed by atoms with Crippen molar-refractivity contribution in [1.82, 2.24) is 0 Å². The van der Waals surface area contributed by atoms with E-state index < -0.39 is 11.6 Å². The second-order valence-corrected chi connectivity index (χ2v) is 3.45. The Morgan fingerprint density at radius 3 is 2.57 bits per heavy atom. The number of hydrogen-bond acceptors (Lipinski definition) is 2. The summed E-state index contributed by atoms with van der Waals surface area (Å²) in [6.45, 7) is 0.529. The summed E-state index contributed by atoms with van der Waals surface area (Å²) < 4.78 is 5.39. The standard InChI is InChI=1S/C11H12O3/c12-10(13)11(7-4-8-14-11)9-5-2-1-3-6-9/h1-3,5-6H,4,7-8H2,(H,12,13). The number of hydrogen-bond donors (Lipinski definition) is 1. The molecular formula is C11H12O3. The maximum atomic E-state index is 11.2. The molecular weight excluding hydrogens is 180 g/mol. The van der Waals surface area contributed by atoms with Gasteiger partial charge in [0, 0.05) is 6.61 Å². The Labute approximate surface area is 82.3 Å². The maximum absolute atomic E-state index is 11.2. The fourth-order valence-electron chi connectivity index (χ4n) is 1.87.